The Morgan fingerprint density at radius 1 is 1.20 bits per heavy atom. The van der Waals surface area contributed by atoms with Crippen LogP contribution in [0.1, 0.15) is 29.2 Å². The maximum atomic E-state index is 13.4. The Morgan fingerprint density at radius 3 is 2.86 bits per heavy atom. The van der Waals surface area contributed by atoms with E-state index in [1.54, 1.807) is 22.6 Å². The highest BCUT2D eigenvalue weighted by Crippen LogP contribution is 2.33. The number of rotatable bonds is 7. The van der Waals surface area contributed by atoms with Crippen molar-refractivity contribution in [1.82, 2.24) is 24.6 Å². The largest absolute Gasteiger partial charge is 0.497 e. The Labute approximate surface area is 207 Å². The predicted octanol–water partition coefficient (Wildman–Crippen LogP) is 3.60. The molecule has 9 heteroatoms. The molecule has 1 aliphatic rings. The number of nitrogens with zero attached hydrogens (tertiary/aromatic N) is 4. The minimum Gasteiger partial charge on any atom is -0.497 e. The molecule has 0 bridgehead atoms. The number of thioether (sulfide) groups is 1. The molecule has 0 radical (unpaired) electrons. The van der Waals surface area contributed by atoms with Crippen LogP contribution in [0.3, 0.4) is 0 Å². The van der Waals surface area contributed by atoms with Crippen LogP contribution in [0.25, 0.3) is 16.7 Å². The molecule has 35 heavy (non-hydrogen) atoms. The molecular formula is C26H27N5O3S. The lowest BCUT2D eigenvalue weighted by molar-refractivity contribution is -0.121. The first-order chi connectivity index (χ1) is 16.9. The van der Waals surface area contributed by atoms with Crippen molar-refractivity contribution in [3.05, 3.63) is 75.7 Å². The van der Waals surface area contributed by atoms with E-state index in [-0.39, 0.29) is 23.9 Å². The molecule has 4 aromatic rings. The van der Waals surface area contributed by atoms with Crippen molar-refractivity contribution in [2.75, 3.05) is 19.4 Å². The van der Waals surface area contributed by atoms with Gasteiger partial charge in [0.25, 0.3) is 5.56 Å². The second kappa shape index (κ2) is 9.58. The maximum Gasteiger partial charge on any atom is 0.265 e. The van der Waals surface area contributed by atoms with E-state index >= 15 is 0 Å². The number of hydrogen-bond acceptors (Lipinski definition) is 6. The molecule has 1 N–H and O–H groups in total. The summed E-state index contributed by atoms with van der Waals surface area (Å²) in [5, 5.41) is 8.51. The van der Waals surface area contributed by atoms with Gasteiger partial charge in [-0.05, 0) is 61.2 Å². The molecule has 5 rings (SSSR count). The van der Waals surface area contributed by atoms with Gasteiger partial charge in [-0.1, -0.05) is 30.0 Å². The molecule has 3 heterocycles. The molecule has 1 aliphatic heterocycles. The van der Waals surface area contributed by atoms with Crippen LogP contribution in [0.5, 0.6) is 5.75 Å². The van der Waals surface area contributed by atoms with Crippen molar-refractivity contribution in [3.8, 4) is 11.4 Å². The number of fused-ring (bicyclic) bond motifs is 2. The maximum absolute atomic E-state index is 13.4. The van der Waals surface area contributed by atoms with E-state index in [0.717, 1.165) is 22.6 Å². The third-order valence-corrected chi connectivity index (χ3v) is 7.49. The van der Waals surface area contributed by atoms with Crippen molar-refractivity contribution < 1.29 is 9.53 Å². The third kappa shape index (κ3) is 4.55. The van der Waals surface area contributed by atoms with Gasteiger partial charge in [-0.25, -0.2) is 9.67 Å². The van der Waals surface area contributed by atoms with Crippen LogP contribution < -0.4 is 15.6 Å². The van der Waals surface area contributed by atoms with Gasteiger partial charge >= 0.3 is 0 Å². The molecule has 1 unspecified atom stereocenters. The molecule has 0 saturated heterocycles. The smallest absolute Gasteiger partial charge is 0.265 e. The molecule has 0 saturated carbocycles. The summed E-state index contributed by atoms with van der Waals surface area (Å²) in [6.45, 7) is 4.63. The zero-order valence-electron chi connectivity index (χ0n) is 19.9. The van der Waals surface area contributed by atoms with Gasteiger partial charge in [0.05, 0.1) is 25.0 Å². The number of ether oxygens (including phenoxy) is 1. The van der Waals surface area contributed by atoms with E-state index < -0.39 is 0 Å². The van der Waals surface area contributed by atoms with E-state index in [1.807, 2.05) is 49.4 Å². The lowest BCUT2D eigenvalue weighted by atomic mass is 10.1. The van der Waals surface area contributed by atoms with E-state index in [0.29, 0.717) is 34.9 Å². The van der Waals surface area contributed by atoms with Crippen LogP contribution in [0.2, 0.25) is 0 Å². The fraction of sp³-hybridized carbons (Fsp3) is 0.308. The summed E-state index contributed by atoms with van der Waals surface area (Å²) in [5.74, 6) is 1.35. The minimum atomic E-state index is -0.235. The van der Waals surface area contributed by atoms with Gasteiger partial charge in [0.15, 0.2) is 10.8 Å². The van der Waals surface area contributed by atoms with Crippen molar-refractivity contribution in [1.29, 1.82) is 0 Å². The fourth-order valence-corrected chi connectivity index (χ4v) is 5.42. The van der Waals surface area contributed by atoms with Gasteiger partial charge in [0, 0.05) is 18.7 Å². The SMILES string of the molecule is COc1cccc(CCNC(=O)CC2CSc3nc4c(cnn4-c4ccc(C)c(C)c4)c(=O)n32)c1. The number of carbonyl (C=O) groups is 1. The molecular weight excluding hydrogens is 462 g/mol. The molecule has 0 spiro atoms. The number of benzene rings is 2. The van der Waals surface area contributed by atoms with E-state index in [9.17, 15) is 9.59 Å². The van der Waals surface area contributed by atoms with Gasteiger partial charge < -0.3 is 10.1 Å². The molecule has 1 atom stereocenters. The van der Waals surface area contributed by atoms with Crippen molar-refractivity contribution in [2.24, 2.45) is 0 Å². The summed E-state index contributed by atoms with van der Waals surface area (Å²) < 4.78 is 8.61. The first-order valence-electron chi connectivity index (χ1n) is 11.5. The van der Waals surface area contributed by atoms with E-state index in [4.69, 9.17) is 9.72 Å². The average Bonchev–Trinajstić information content (AvgIpc) is 3.46. The van der Waals surface area contributed by atoms with Crippen molar-refractivity contribution in [3.63, 3.8) is 0 Å². The highest BCUT2D eigenvalue weighted by atomic mass is 32.2. The van der Waals surface area contributed by atoms with Gasteiger partial charge in [-0.2, -0.15) is 5.10 Å². The summed E-state index contributed by atoms with van der Waals surface area (Å²) in [4.78, 5) is 30.8. The average molecular weight is 490 g/mol. The number of hydrogen-bond donors (Lipinski definition) is 1. The predicted molar refractivity (Wildman–Crippen MR) is 137 cm³/mol. The van der Waals surface area contributed by atoms with Crippen LogP contribution in [-0.2, 0) is 11.2 Å². The van der Waals surface area contributed by atoms with Gasteiger partial charge in [0.2, 0.25) is 5.91 Å². The van der Waals surface area contributed by atoms with E-state index in [1.165, 1.54) is 17.3 Å². The molecule has 2 aromatic heterocycles. The highest BCUT2D eigenvalue weighted by molar-refractivity contribution is 7.99. The number of nitrogens with one attached hydrogen (secondary N) is 1. The van der Waals surface area contributed by atoms with Crippen molar-refractivity contribution >= 4 is 28.7 Å². The zero-order valence-corrected chi connectivity index (χ0v) is 20.8. The van der Waals surface area contributed by atoms with Crippen LogP contribution in [0, 0.1) is 13.8 Å². The molecule has 1 amide bonds. The number of carbonyl (C=O) groups excluding carboxylic acids is 1. The number of aryl methyl sites for hydroxylation is 2. The Morgan fingerprint density at radius 2 is 2.06 bits per heavy atom. The van der Waals surface area contributed by atoms with Crippen LogP contribution in [0.4, 0.5) is 0 Å². The van der Waals surface area contributed by atoms with Crippen LogP contribution in [0.15, 0.2) is 58.6 Å². The number of methoxy groups -OCH3 is 1. The summed E-state index contributed by atoms with van der Waals surface area (Å²) in [5.41, 5.74) is 4.69. The first kappa shape index (κ1) is 23.2. The number of amides is 1. The minimum absolute atomic E-state index is 0.0795. The lowest BCUT2D eigenvalue weighted by Crippen LogP contribution is -2.31. The van der Waals surface area contributed by atoms with Crippen LogP contribution in [-0.4, -0.2) is 44.6 Å². The first-order valence-corrected chi connectivity index (χ1v) is 12.5. The molecule has 8 nitrogen and oxygen atoms in total. The monoisotopic (exact) mass is 489 g/mol. The van der Waals surface area contributed by atoms with Gasteiger partial charge in [-0.15, -0.1) is 0 Å². The van der Waals surface area contributed by atoms with Gasteiger partial charge in [-0.3, -0.25) is 14.2 Å². The molecule has 0 aliphatic carbocycles. The molecule has 180 valence electrons. The van der Waals surface area contributed by atoms with Crippen LogP contribution >= 0.6 is 11.8 Å². The number of aromatic nitrogens is 4. The second-order valence-electron chi connectivity index (χ2n) is 8.75. The second-order valence-corrected chi connectivity index (χ2v) is 9.74. The van der Waals surface area contributed by atoms with E-state index in [2.05, 4.69) is 17.3 Å². The molecule has 0 fully saturated rings. The standard InChI is InChI=1S/C26H27N5O3S/c1-16-7-8-19(11-17(16)2)31-24-22(14-28-31)25(33)30-20(15-35-26(30)29-24)13-23(32)27-10-9-18-5-4-6-21(12-18)34-3/h4-8,11-12,14,20H,9-10,13,15H2,1-3H3,(H,27,32). The Kier molecular flexibility index (Phi) is 6.34. The van der Waals surface area contributed by atoms with Crippen molar-refractivity contribution in [2.45, 2.75) is 37.9 Å². The third-order valence-electron chi connectivity index (χ3n) is 6.40. The normalized spacial score (nSPS) is 14.8. The van der Waals surface area contributed by atoms with Gasteiger partial charge in [0.1, 0.15) is 11.1 Å². The Bertz CT molecular complexity index is 1480. The summed E-state index contributed by atoms with van der Waals surface area (Å²) >= 11 is 1.50. The Balaban J connectivity index is 1.31. The Hall–Kier alpha value is -3.59. The summed E-state index contributed by atoms with van der Waals surface area (Å²) in [6.07, 6.45) is 2.51. The quantitative estimate of drug-likeness (QED) is 0.399. The highest BCUT2D eigenvalue weighted by Gasteiger charge is 2.29. The zero-order chi connectivity index (χ0) is 24.5. The summed E-state index contributed by atoms with van der Waals surface area (Å²) in [7, 11) is 1.64. The summed E-state index contributed by atoms with van der Waals surface area (Å²) in [6, 6.07) is 13.6. The lowest BCUT2D eigenvalue weighted by Gasteiger charge is -2.14. The fourth-order valence-electron chi connectivity index (χ4n) is 4.29. The molecule has 2 aromatic carbocycles. The topological polar surface area (TPSA) is 91.0 Å².